The molecule has 0 saturated carbocycles. The molecule has 1 N–H and O–H groups in total. The highest BCUT2D eigenvalue weighted by Gasteiger charge is 2.21. The standard InChI is InChI=1S/C15H20ClNO2/c16-14-7-11(6-12-2-1-5-17-8-12)3-4-15(14)19-13-9-18-10-13/h3-4,7,12-13,17H,1-2,5-6,8-10H2. The van der Waals surface area contributed by atoms with Gasteiger partial charge in [0, 0.05) is 0 Å². The molecule has 1 aromatic rings. The quantitative estimate of drug-likeness (QED) is 0.920. The van der Waals surface area contributed by atoms with Crippen LogP contribution in [0.4, 0.5) is 0 Å². The fourth-order valence-corrected chi connectivity index (χ4v) is 2.91. The third kappa shape index (κ3) is 3.41. The van der Waals surface area contributed by atoms with E-state index in [2.05, 4.69) is 11.4 Å². The van der Waals surface area contributed by atoms with Crippen molar-refractivity contribution in [3.8, 4) is 5.75 Å². The minimum Gasteiger partial charge on any atom is -0.484 e. The van der Waals surface area contributed by atoms with Crippen molar-refractivity contribution < 1.29 is 9.47 Å². The van der Waals surface area contributed by atoms with Crippen LogP contribution < -0.4 is 10.1 Å². The summed E-state index contributed by atoms with van der Waals surface area (Å²) in [5.74, 6) is 1.51. The van der Waals surface area contributed by atoms with Gasteiger partial charge in [-0.1, -0.05) is 17.7 Å². The lowest BCUT2D eigenvalue weighted by Gasteiger charge is -2.27. The predicted octanol–water partition coefficient (Wildman–Crippen LogP) is 2.66. The van der Waals surface area contributed by atoms with E-state index in [1.807, 2.05) is 12.1 Å². The zero-order chi connectivity index (χ0) is 13.1. The van der Waals surface area contributed by atoms with Gasteiger partial charge in [-0.25, -0.2) is 0 Å². The maximum absolute atomic E-state index is 6.29. The van der Waals surface area contributed by atoms with E-state index >= 15 is 0 Å². The first-order valence-corrected chi connectivity index (χ1v) is 7.42. The zero-order valence-corrected chi connectivity index (χ0v) is 11.8. The van der Waals surface area contributed by atoms with Crippen molar-refractivity contribution >= 4 is 11.6 Å². The van der Waals surface area contributed by atoms with Crippen LogP contribution in [0.3, 0.4) is 0 Å². The lowest BCUT2D eigenvalue weighted by Crippen LogP contribution is -2.38. The Morgan fingerprint density at radius 2 is 2.26 bits per heavy atom. The molecule has 1 aromatic carbocycles. The molecule has 0 amide bonds. The number of piperidine rings is 1. The zero-order valence-electron chi connectivity index (χ0n) is 11.0. The van der Waals surface area contributed by atoms with Crippen LogP contribution in [-0.4, -0.2) is 32.4 Å². The molecule has 2 saturated heterocycles. The van der Waals surface area contributed by atoms with E-state index in [4.69, 9.17) is 21.1 Å². The van der Waals surface area contributed by atoms with Gasteiger partial charge >= 0.3 is 0 Å². The Morgan fingerprint density at radius 1 is 1.37 bits per heavy atom. The number of halogens is 1. The van der Waals surface area contributed by atoms with E-state index < -0.39 is 0 Å². The molecule has 2 fully saturated rings. The van der Waals surface area contributed by atoms with Crippen molar-refractivity contribution in [2.45, 2.75) is 25.4 Å². The monoisotopic (exact) mass is 281 g/mol. The summed E-state index contributed by atoms with van der Waals surface area (Å²) in [6.45, 7) is 3.63. The molecule has 0 aromatic heterocycles. The van der Waals surface area contributed by atoms with Crippen LogP contribution in [0.2, 0.25) is 5.02 Å². The molecule has 104 valence electrons. The van der Waals surface area contributed by atoms with Crippen LogP contribution in [0.15, 0.2) is 18.2 Å². The SMILES string of the molecule is Clc1cc(CC2CCCNC2)ccc1OC1COC1. The summed E-state index contributed by atoms with van der Waals surface area (Å²) in [4.78, 5) is 0. The van der Waals surface area contributed by atoms with Crippen LogP contribution in [0.5, 0.6) is 5.75 Å². The summed E-state index contributed by atoms with van der Waals surface area (Å²) in [7, 11) is 0. The van der Waals surface area contributed by atoms with Crippen molar-refractivity contribution in [2.24, 2.45) is 5.92 Å². The molecule has 19 heavy (non-hydrogen) atoms. The number of hydrogen-bond acceptors (Lipinski definition) is 3. The van der Waals surface area contributed by atoms with Crippen molar-refractivity contribution in [3.63, 3.8) is 0 Å². The highest BCUT2D eigenvalue weighted by molar-refractivity contribution is 6.32. The first-order valence-electron chi connectivity index (χ1n) is 7.05. The molecule has 2 aliphatic rings. The molecule has 0 aliphatic carbocycles. The molecule has 2 heterocycles. The van der Waals surface area contributed by atoms with Gasteiger partial charge < -0.3 is 14.8 Å². The van der Waals surface area contributed by atoms with E-state index in [0.29, 0.717) is 18.2 Å². The Morgan fingerprint density at radius 3 is 2.89 bits per heavy atom. The maximum Gasteiger partial charge on any atom is 0.145 e. The number of ether oxygens (including phenoxy) is 2. The molecule has 0 spiro atoms. The average Bonchev–Trinajstić information content (AvgIpc) is 2.37. The molecular weight excluding hydrogens is 262 g/mol. The average molecular weight is 282 g/mol. The van der Waals surface area contributed by atoms with Crippen molar-refractivity contribution in [3.05, 3.63) is 28.8 Å². The summed E-state index contributed by atoms with van der Waals surface area (Å²) in [5, 5.41) is 4.17. The maximum atomic E-state index is 6.29. The fourth-order valence-electron chi connectivity index (χ4n) is 2.66. The largest absolute Gasteiger partial charge is 0.484 e. The molecular formula is C15H20ClNO2. The Bertz CT molecular complexity index is 428. The summed E-state index contributed by atoms with van der Waals surface area (Å²) in [6, 6.07) is 6.17. The second-order valence-electron chi connectivity index (χ2n) is 5.46. The first kappa shape index (κ1) is 13.2. The minimum atomic E-state index is 0.172. The molecule has 1 unspecified atom stereocenters. The third-order valence-corrected chi connectivity index (χ3v) is 4.12. The number of benzene rings is 1. The smallest absolute Gasteiger partial charge is 0.145 e. The van der Waals surface area contributed by atoms with Crippen LogP contribution in [0.25, 0.3) is 0 Å². The highest BCUT2D eigenvalue weighted by atomic mass is 35.5. The number of rotatable bonds is 4. The van der Waals surface area contributed by atoms with Crippen molar-refractivity contribution in [1.29, 1.82) is 0 Å². The van der Waals surface area contributed by atoms with Gasteiger partial charge in [-0.15, -0.1) is 0 Å². The van der Waals surface area contributed by atoms with E-state index in [9.17, 15) is 0 Å². The topological polar surface area (TPSA) is 30.5 Å². The molecule has 3 nitrogen and oxygen atoms in total. The van der Waals surface area contributed by atoms with Gasteiger partial charge in [-0.3, -0.25) is 0 Å². The Kier molecular flexibility index (Phi) is 4.26. The van der Waals surface area contributed by atoms with Crippen LogP contribution in [0.1, 0.15) is 18.4 Å². The van der Waals surface area contributed by atoms with Gasteiger partial charge in [-0.05, 0) is 56.0 Å². The Balaban J connectivity index is 1.61. The van der Waals surface area contributed by atoms with E-state index in [-0.39, 0.29) is 6.10 Å². The summed E-state index contributed by atoms with van der Waals surface area (Å²) in [6.07, 6.45) is 3.86. The van der Waals surface area contributed by atoms with Crippen LogP contribution in [-0.2, 0) is 11.2 Å². The Hall–Kier alpha value is -0.770. The highest BCUT2D eigenvalue weighted by Crippen LogP contribution is 2.29. The van der Waals surface area contributed by atoms with Gasteiger partial charge in [0.15, 0.2) is 0 Å². The molecule has 0 radical (unpaired) electrons. The van der Waals surface area contributed by atoms with Gasteiger partial charge in [0.2, 0.25) is 0 Å². The number of nitrogens with one attached hydrogen (secondary N) is 1. The van der Waals surface area contributed by atoms with Crippen molar-refractivity contribution in [1.82, 2.24) is 5.32 Å². The Labute approximate surface area is 119 Å². The first-order chi connectivity index (χ1) is 9.31. The summed E-state index contributed by atoms with van der Waals surface area (Å²) in [5.41, 5.74) is 1.30. The summed E-state index contributed by atoms with van der Waals surface area (Å²) < 4.78 is 10.9. The van der Waals surface area contributed by atoms with Crippen LogP contribution in [0, 0.1) is 5.92 Å². The lowest BCUT2D eigenvalue weighted by molar-refractivity contribution is -0.0796. The number of hydrogen-bond donors (Lipinski definition) is 1. The fraction of sp³-hybridized carbons (Fsp3) is 0.600. The predicted molar refractivity (Wildman–Crippen MR) is 76.0 cm³/mol. The molecule has 3 rings (SSSR count). The second kappa shape index (κ2) is 6.12. The molecule has 2 aliphatic heterocycles. The van der Waals surface area contributed by atoms with Gasteiger partial charge in [-0.2, -0.15) is 0 Å². The van der Waals surface area contributed by atoms with Gasteiger partial charge in [0.1, 0.15) is 11.9 Å². The molecule has 0 bridgehead atoms. The molecule has 1 atom stereocenters. The van der Waals surface area contributed by atoms with Gasteiger partial charge in [0.05, 0.1) is 18.2 Å². The molecule has 4 heteroatoms. The normalized spacial score (nSPS) is 23.9. The van der Waals surface area contributed by atoms with Gasteiger partial charge in [0.25, 0.3) is 0 Å². The van der Waals surface area contributed by atoms with Crippen molar-refractivity contribution in [2.75, 3.05) is 26.3 Å². The minimum absolute atomic E-state index is 0.172. The lowest BCUT2D eigenvalue weighted by atomic mass is 9.92. The van der Waals surface area contributed by atoms with E-state index in [1.165, 1.54) is 18.4 Å². The van der Waals surface area contributed by atoms with Crippen LogP contribution >= 0.6 is 11.6 Å². The summed E-state index contributed by atoms with van der Waals surface area (Å²) >= 11 is 6.29. The van der Waals surface area contributed by atoms with E-state index in [1.54, 1.807) is 0 Å². The third-order valence-electron chi connectivity index (χ3n) is 3.82. The van der Waals surface area contributed by atoms with E-state index in [0.717, 1.165) is 31.2 Å². The second-order valence-corrected chi connectivity index (χ2v) is 5.87.